The Hall–Kier alpha value is -2.85. The number of nitrogens with one attached hydrogen (secondary N) is 1. The largest absolute Gasteiger partial charge is 0.437 e. The van der Waals surface area contributed by atoms with Crippen LogP contribution in [0.5, 0.6) is 0 Å². The highest BCUT2D eigenvalue weighted by atomic mass is 35.5. The molecule has 23 heavy (non-hydrogen) atoms. The van der Waals surface area contributed by atoms with Crippen molar-refractivity contribution in [3.63, 3.8) is 0 Å². The van der Waals surface area contributed by atoms with Crippen LogP contribution in [0.2, 0.25) is 5.02 Å². The van der Waals surface area contributed by atoms with E-state index in [2.05, 4.69) is 10.5 Å². The van der Waals surface area contributed by atoms with Crippen molar-refractivity contribution in [2.45, 2.75) is 0 Å². The van der Waals surface area contributed by atoms with E-state index in [1.165, 1.54) is 6.21 Å². The Morgan fingerprint density at radius 1 is 1.00 bits per heavy atom. The second kappa shape index (κ2) is 6.94. The van der Waals surface area contributed by atoms with Crippen LogP contribution >= 0.6 is 11.6 Å². The minimum absolute atomic E-state index is 0.536. The Morgan fingerprint density at radius 2 is 1.74 bits per heavy atom. The monoisotopic (exact) mass is 324 g/mol. The van der Waals surface area contributed by atoms with Crippen LogP contribution in [-0.4, -0.2) is 12.3 Å². The third-order valence-electron chi connectivity index (χ3n) is 3.26. The van der Waals surface area contributed by atoms with Crippen LogP contribution in [0.25, 0.3) is 10.8 Å². The van der Waals surface area contributed by atoms with Gasteiger partial charge in [-0.15, -0.1) is 0 Å². The van der Waals surface area contributed by atoms with Gasteiger partial charge in [0.05, 0.1) is 11.9 Å². The van der Waals surface area contributed by atoms with Crippen molar-refractivity contribution in [3.05, 3.63) is 77.3 Å². The summed E-state index contributed by atoms with van der Waals surface area (Å²) in [6, 6.07) is 20.5. The molecule has 3 rings (SSSR count). The molecule has 0 fully saturated rings. The highest BCUT2D eigenvalue weighted by Crippen LogP contribution is 2.23. The predicted octanol–water partition coefficient (Wildman–Crippen LogP) is 5.08. The third kappa shape index (κ3) is 3.67. The zero-order chi connectivity index (χ0) is 16.1. The highest BCUT2D eigenvalue weighted by molar-refractivity contribution is 6.33. The Bertz CT molecular complexity index is 872. The fraction of sp³-hybridized carbons (Fsp3) is 0. The summed E-state index contributed by atoms with van der Waals surface area (Å²) in [5.41, 5.74) is 1.34. The number of hydrogen-bond acceptors (Lipinski definition) is 3. The summed E-state index contributed by atoms with van der Waals surface area (Å²) in [5, 5.41) is 8.84. The molecule has 0 aliphatic heterocycles. The van der Waals surface area contributed by atoms with E-state index in [4.69, 9.17) is 16.4 Å². The first-order valence-electron chi connectivity index (χ1n) is 6.98. The van der Waals surface area contributed by atoms with Gasteiger partial charge in [-0.05, 0) is 17.5 Å². The molecule has 0 unspecified atom stereocenters. The zero-order valence-electron chi connectivity index (χ0n) is 12.1. The summed E-state index contributed by atoms with van der Waals surface area (Å²) >= 11 is 5.99. The number of rotatable bonds is 3. The molecule has 0 spiro atoms. The maximum atomic E-state index is 11.9. The van der Waals surface area contributed by atoms with Gasteiger partial charge in [-0.1, -0.05) is 71.4 Å². The second-order valence-electron chi connectivity index (χ2n) is 4.79. The Morgan fingerprint density at radius 3 is 2.61 bits per heavy atom. The molecule has 0 aliphatic rings. The van der Waals surface area contributed by atoms with Crippen molar-refractivity contribution < 1.29 is 9.63 Å². The molecule has 1 N–H and O–H groups in total. The van der Waals surface area contributed by atoms with Crippen molar-refractivity contribution in [1.29, 1.82) is 0 Å². The van der Waals surface area contributed by atoms with Gasteiger partial charge < -0.3 is 0 Å². The molecule has 0 saturated heterocycles. The Labute approximate surface area is 138 Å². The van der Waals surface area contributed by atoms with Crippen LogP contribution in [0, 0.1) is 0 Å². The average molecular weight is 325 g/mol. The Balaban J connectivity index is 1.69. The first-order chi connectivity index (χ1) is 11.2. The quantitative estimate of drug-likeness (QED) is 0.415. The van der Waals surface area contributed by atoms with Gasteiger partial charge in [0.1, 0.15) is 0 Å². The molecular weight excluding hydrogens is 312 g/mol. The minimum Gasteiger partial charge on any atom is -0.298 e. The van der Waals surface area contributed by atoms with Crippen molar-refractivity contribution in [2.24, 2.45) is 5.16 Å². The number of benzene rings is 3. The van der Waals surface area contributed by atoms with Crippen LogP contribution < -0.4 is 5.32 Å². The average Bonchev–Trinajstić information content (AvgIpc) is 2.57. The zero-order valence-corrected chi connectivity index (χ0v) is 12.8. The smallest absolute Gasteiger partial charge is 0.298 e. The number of fused-ring (bicyclic) bond motifs is 1. The topological polar surface area (TPSA) is 50.7 Å². The molecule has 0 heterocycles. The lowest BCUT2D eigenvalue weighted by atomic mass is 10.1. The van der Waals surface area contributed by atoms with Gasteiger partial charge in [0.15, 0.2) is 0 Å². The van der Waals surface area contributed by atoms with E-state index in [0.29, 0.717) is 16.3 Å². The van der Waals surface area contributed by atoms with E-state index in [1.54, 1.807) is 18.2 Å². The van der Waals surface area contributed by atoms with Crippen molar-refractivity contribution in [3.8, 4) is 0 Å². The van der Waals surface area contributed by atoms with Gasteiger partial charge in [0, 0.05) is 16.0 Å². The number of carbonyl (C=O) groups is 1. The maximum absolute atomic E-state index is 11.9. The van der Waals surface area contributed by atoms with Gasteiger partial charge in [-0.2, -0.15) is 0 Å². The molecule has 0 atom stereocenters. The van der Waals surface area contributed by atoms with Gasteiger partial charge in [-0.25, -0.2) is 4.79 Å². The standard InChI is InChI=1S/C18H13ClN2O2/c19-16-10-4-2-7-14(16)12-20-23-18(22)21-17-11-5-8-13-6-1-3-9-15(13)17/h1-12H,(H,21,22)/b20-12-. The lowest BCUT2D eigenvalue weighted by molar-refractivity contribution is 0.167. The molecule has 3 aromatic rings. The van der Waals surface area contributed by atoms with Crippen LogP contribution in [0.15, 0.2) is 71.9 Å². The van der Waals surface area contributed by atoms with E-state index in [1.807, 2.05) is 48.5 Å². The van der Waals surface area contributed by atoms with E-state index in [9.17, 15) is 4.79 Å². The molecule has 0 radical (unpaired) electrons. The van der Waals surface area contributed by atoms with E-state index in [-0.39, 0.29) is 0 Å². The maximum Gasteiger partial charge on any atom is 0.437 e. The Kier molecular flexibility index (Phi) is 4.54. The first-order valence-corrected chi connectivity index (χ1v) is 7.35. The number of oxime groups is 1. The SMILES string of the molecule is O=C(Nc1cccc2ccccc12)O/N=C\c1ccccc1Cl. The molecule has 0 aliphatic carbocycles. The number of carbonyl (C=O) groups excluding carboxylic acids is 1. The molecule has 3 aromatic carbocycles. The number of hydrogen-bond donors (Lipinski definition) is 1. The predicted molar refractivity (Wildman–Crippen MR) is 93.1 cm³/mol. The summed E-state index contributed by atoms with van der Waals surface area (Å²) < 4.78 is 0. The summed E-state index contributed by atoms with van der Waals surface area (Å²) in [6.07, 6.45) is 0.732. The number of amides is 1. The van der Waals surface area contributed by atoms with Crippen molar-refractivity contribution in [1.82, 2.24) is 0 Å². The molecule has 114 valence electrons. The molecule has 1 amide bonds. The molecule has 5 heteroatoms. The van der Waals surface area contributed by atoms with Crippen LogP contribution in [0.4, 0.5) is 10.5 Å². The first kappa shape index (κ1) is 15.1. The number of nitrogens with zero attached hydrogens (tertiary/aromatic N) is 1. The molecule has 4 nitrogen and oxygen atoms in total. The summed E-state index contributed by atoms with van der Waals surface area (Å²) in [5.74, 6) is 0. The normalized spacial score (nSPS) is 10.8. The highest BCUT2D eigenvalue weighted by Gasteiger charge is 2.06. The second-order valence-corrected chi connectivity index (χ2v) is 5.19. The summed E-state index contributed by atoms with van der Waals surface area (Å²) in [4.78, 5) is 16.7. The van der Waals surface area contributed by atoms with Gasteiger partial charge in [0.2, 0.25) is 0 Å². The fourth-order valence-electron chi connectivity index (χ4n) is 2.18. The van der Waals surface area contributed by atoms with Crippen LogP contribution in [0.1, 0.15) is 5.56 Å². The molecule has 0 bridgehead atoms. The van der Waals surface area contributed by atoms with E-state index in [0.717, 1.165) is 10.8 Å². The van der Waals surface area contributed by atoms with E-state index < -0.39 is 6.09 Å². The lowest BCUT2D eigenvalue weighted by Crippen LogP contribution is -2.11. The lowest BCUT2D eigenvalue weighted by Gasteiger charge is -2.06. The van der Waals surface area contributed by atoms with Crippen LogP contribution in [0.3, 0.4) is 0 Å². The van der Waals surface area contributed by atoms with Gasteiger partial charge in [0.25, 0.3) is 0 Å². The van der Waals surface area contributed by atoms with Crippen molar-refractivity contribution >= 4 is 40.4 Å². The van der Waals surface area contributed by atoms with E-state index >= 15 is 0 Å². The summed E-state index contributed by atoms with van der Waals surface area (Å²) in [7, 11) is 0. The van der Waals surface area contributed by atoms with Gasteiger partial charge in [-0.3, -0.25) is 10.2 Å². The number of halogens is 1. The number of anilines is 1. The van der Waals surface area contributed by atoms with Crippen LogP contribution in [-0.2, 0) is 4.84 Å². The van der Waals surface area contributed by atoms with Gasteiger partial charge >= 0.3 is 6.09 Å². The minimum atomic E-state index is -0.662. The molecular formula is C18H13ClN2O2. The molecule has 0 saturated carbocycles. The molecule has 0 aromatic heterocycles. The fourth-order valence-corrected chi connectivity index (χ4v) is 2.36. The summed E-state index contributed by atoms with van der Waals surface area (Å²) in [6.45, 7) is 0. The van der Waals surface area contributed by atoms with Crippen molar-refractivity contribution in [2.75, 3.05) is 5.32 Å². The third-order valence-corrected chi connectivity index (χ3v) is 3.60.